The standard InChI is InChI=1S/C7H9FN2.C6H3F4N/c1-10-7-3-2-5(8)4-6(7)9;7-5-4(6(8,9)10)2-1-3-11-5/h2-4,10H,9H2,1H3;1-3H. The van der Waals surface area contributed by atoms with Gasteiger partial charge in [-0.1, -0.05) is 0 Å². The molecule has 0 spiro atoms. The summed E-state index contributed by atoms with van der Waals surface area (Å²) in [6.07, 6.45) is -3.69. The van der Waals surface area contributed by atoms with Gasteiger partial charge < -0.3 is 11.1 Å². The van der Waals surface area contributed by atoms with E-state index in [0.29, 0.717) is 11.8 Å². The van der Waals surface area contributed by atoms with E-state index in [4.69, 9.17) is 5.73 Å². The number of pyridine rings is 1. The van der Waals surface area contributed by atoms with Gasteiger partial charge in [0.25, 0.3) is 0 Å². The Labute approximate surface area is 117 Å². The van der Waals surface area contributed by atoms with Gasteiger partial charge in [-0.2, -0.15) is 17.6 Å². The van der Waals surface area contributed by atoms with Crippen molar-refractivity contribution in [3.63, 3.8) is 0 Å². The lowest BCUT2D eigenvalue weighted by atomic mass is 10.2. The Kier molecular flexibility index (Phi) is 5.45. The number of nitrogens with two attached hydrogens (primary N) is 1. The van der Waals surface area contributed by atoms with Gasteiger partial charge in [0.05, 0.1) is 11.4 Å². The number of nitrogens with one attached hydrogen (secondary N) is 1. The number of aromatic nitrogens is 1. The van der Waals surface area contributed by atoms with Gasteiger partial charge >= 0.3 is 6.18 Å². The van der Waals surface area contributed by atoms with E-state index in [1.165, 1.54) is 12.1 Å². The predicted molar refractivity (Wildman–Crippen MR) is 69.6 cm³/mol. The van der Waals surface area contributed by atoms with Gasteiger partial charge in [-0.3, -0.25) is 0 Å². The van der Waals surface area contributed by atoms with Crippen LogP contribution in [0.1, 0.15) is 5.56 Å². The molecular weight excluding hydrogens is 293 g/mol. The summed E-state index contributed by atoms with van der Waals surface area (Å²) in [5, 5.41) is 2.83. The van der Waals surface area contributed by atoms with Gasteiger partial charge in [0.1, 0.15) is 11.4 Å². The van der Waals surface area contributed by atoms with Gasteiger partial charge in [-0.05, 0) is 30.3 Å². The molecular formula is C13H12F5N3. The number of hydrogen-bond donors (Lipinski definition) is 2. The predicted octanol–water partition coefficient (Wildman–Crippen LogP) is 3.69. The lowest BCUT2D eigenvalue weighted by Crippen LogP contribution is -2.08. The van der Waals surface area contributed by atoms with Crippen molar-refractivity contribution < 1.29 is 22.0 Å². The molecule has 8 heteroatoms. The van der Waals surface area contributed by atoms with Crippen molar-refractivity contribution in [2.45, 2.75) is 6.18 Å². The van der Waals surface area contributed by atoms with Crippen molar-refractivity contribution in [1.82, 2.24) is 4.98 Å². The third-order valence-electron chi connectivity index (χ3n) is 2.35. The van der Waals surface area contributed by atoms with Crippen LogP contribution >= 0.6 is 0 Å². The highest BCUT2D eigenvalue weighted by Gasteiger charge is 2.34. The van der Waals surface area contributed by atoms with Crippen LogP contribution in [0.5, 0.6) is 0 Å². The van der Waals surface area contributed by atoms with E-state index in [9.17, 15) is 22.0 Å². The summed E-state index contributed by atoms with van der Waals surface area (Å²) < 4.78 is 59.9. The van der Waals surface area contributed by atoms with Gasteiger partial charge in [-0.25, -0.2) is 9.37 Å². The molecule has 0 radical (unpaired) electrons. The molecule has 2 rings (SSSR count). The average Bonchev–Trinajstić information content (AvgIpc) is 2.39. The molecule has 0 unspecified atom stereocenters. The first-order valence-corrected chi connectivity index (χ1v) is 5.66. The van der Waals surface area contributed by atoms with Crippen LogP contribution in [0.15, 0.2) is 36.5 Å². The Bertz CT molecular complexity index is 599. The Balaban J connectivity index is 0.000000211. The van der Waals surface area contributed by atoms with Crippen LogP contribution < -0.4 is 11.1 Å². The highest BCUT2D eigenvalue weighted by atomic mass is 19.4. The maximum absolute atomic E-state index is 12.4. The molecule has 1 heterocycles. The number of rotatable bonds is 1. The summed E-state index contributed by atoms with van der Waals surface area (Å²) in [7, 11) is 1.74. The summed E-state index contributed by atoms with van der Waals surface area (Å²) in [5.74, 6) is -1.79. The second kappa shape index (κ2) is 6.87. The third-order valence-corrected chi connectivity index (χ3v) is 2.35. The molecule has 2 aromatic rings. The van der Waals surface area contributed by atoms with Crippen molar-refractivity contribution in [1.29, 1.82) is 0 Å². The first-order valence-electron chi connectivity index (χ1n) is 5.66. The molecule has 0 aliphatic carbocycles. The molecule has 21 heavy (non-hydrogen) atoms. The van der Waals surface area contributed by atoms with Crippen LogP contribution in [-0.2, 0) is 6.18 Å². The third kappa shape index (κ3) is 4.90. The van der Waals surface area contributed by atoms with E-state index in [0.717, 1.165) is 18.0 Å². The summed E-state index contributed by atoms with van der Waals surface area (Å²) in [4.78, 5) is 2.86. The quantitative estimate of drug-likeness (QED) is 0.480. The second-order valence-electron chi connectivity index (χ2n) is 3.82. The summed E-state index contributed by atoms with van der Waals surface area (Å²) in [5.41, 5.74) is 5.28. The van der Waals surface area contributed by atoms with Gasteiger partial charge in [0.2, 0.25) is 5.95 Å². The fourth-order valence-corrected chi connectivity index (χ4v) is 1.36. The van der Waals surface area contributed by atoms with Crippen LogP contribution in [0.25, 0.3) is 0 Å². The number of hydrogen-bond acceptors (Lipinski definition) is 3. The molecule has 0 aliphatic heterocycles. The van der Waals surface area contributed by atoms with Gasteiger partial charge in [0, 0.05) is 13.2 Å². The molecule has 0 bridgehead atoms. The maximum atomic E-state index is 12.4. The van der Waals surface area contributed by atoms with Crippen molar-refractivity contribution >= 4 is 11.4 Å². The van der Waals surface area contributed by atoms with Crippen molar-refractivity contribution in [2.24, 2.45) is 0 Å². The zero-order valence-electron chi connectivity index (χ0n) is 10.9. The van der Waals surface area contributed by atoms with Crippen LogP contribution in [-0.4, -0.2) is 12.0 Å². The number of alkyl halides is 3. The number of halogens is 5. The van der Waals surface area contributed by atoms with Gasteiger partial charge in [0.15, 0.2) is 0 Å². The number of anilines is 2. The Morgan fingerprint density at radius 2 is 1.81 bits per heavy atom. The Hall–Kier alpha value is -2.38. The molecule has 0 amide bonds. The van der Waals surface area contributed by atoms with E-state index in [2.05, 4.69) is 10.3 Å². The second-order valence-corrected chi connectivity index (χ2v) is 3.82. The van der Waals surface area contributed by atoms with Crippen LogP contribution in [0.3, 0.4) is 0 Å². The first-order chi connectivity index (χ1) is 9.75. The number of benzene rings is 1. The summed E-state index contributed by atoms with van der Waals surface area (Å²) in [6, 6.07) is 5.92. The van der Waals surface area contributed by atoms with Crippen LogP contribution in [0.2, 0.25) is 0 Å². The fraction of sp³-hybridized carbons (Fsp3) is 0.154. The molecule has 0 atom stereocenters. The normalized spacial score (nSPS) is 10.6. The minimum Gasteiger partial charge on any atom is -0.397 e. The van der Waals surface area contributed by atoms with Crippen LogP contribution in [0.4, 0.5) is 33.3 Å². The fourth-order valence-electron chi connectivity index (χ4n) is 1.36. The molecule has 1 aromatic heterocycles. The largest absolute Gasteiger partial charge is 0.420 e. The van der Waals surface area contributed by atoms with E-state index in [1.54, 1.807) is 13.1 Å². The summed E-state index contributed by atoms with van der Waals surface area (Å²) >= 11 is 0. The molecule has 3 N–H and O–H groups in total. The first kappa shape index (κ1) is 16.7. The molecule has 0 saturated heterocycles. The molecule has 1 aromatic carbocycles. The maximum Gasteiger partial charge on any atom is 0.420 e. The van der Waals surface area contributed by atoms with E-state index >= 15 is 0 Å². The Morgan fingerprint density at radius 3 is 2.24 bits per heavy atom. The minimum atomic E-state index is -4.65. The van der Waals surface area contributed by atoms with Crippen molar-refractivity contribution in [3.05, 3.63) is 53.9 Å². The lowest BCUT2D eigenvalue weighted by molar-refractivity contribution is -0.140. The van der Waals surface area contributed by atoms with E-state index in [1.807, 2.05) is 0 Å². The zero-order chi connectivity index (χ0) is 16.0. The number of nitrogens with zero attached hydrogens (tertiary/aromatic N) is 1. The Morgan fingerprint density at radius 1 is 1.14 bits per heavy atom. The van der Waals surface area contributed by atoms with Crippen LogP contribution in [0, 0.1) is 11.8 Å². The number of nitrogen functional groups attached to an aromatic ring is 1. The molecule has 114 valence electrons. The van der Waals surface area contributed by atoms with Crippen molar-refractivity contribution in [3.8, 4) is 0 Å². The highest BCUT2D eigenvalue weighted by Crippen LogP contribution is 2.29. The zero-order valence-corrected chi connectivity index (χ0v) is 10.9. The summed E-state index contributed by atoms with van der Waals surface area (Å²) in [6.45, 7) is 0. The molecule has 0 fully saturated rings. The van der Waals surface area contributed by atoms with Crippen molar-refractivity contribution in [2.75, 3.05) is 18.1 Å². The molecule has 0 saturated carbocycles. The average molecular weight is 305 g/mol. The monoisotopic (exact) mass is 305 g/mol. The lowest BCUT2D eigenvalue weighted by Gasteiger charge is -2.04. The highest BCUT2D eigenvalue weighted by molar-refractivity contribution is 5.65. The topological polar surface area (TPSA) is 50.9 Å². The van der Waals surface area contributed by atoms with Gasteiger partial charge in [-0.15, -0.1) is 0 Å². The molecule has 0 aliphatic rings. The minimum absolute atomic E-state index is 0.309. The van der Waals surface area contributed by atoms with E-state index < -0.39 is 17.7 Å². The van der Waals surface area contributed by atoms with E-state index in [-0.39, 0.29) is 5.82 Å². The molecule has 3 nitrogen and oxygen atoms in total. The smallest absolute Gasteiger partial charge is 0.397 e. The SMILES string of the molecule is CNc1ccc(F)cc1N.Fc1ncccc1C(F)(F)F.